The van der Waals surface area contributed by atoms with Gasteiger partial charge in [-0.3, -0.25) is 4.79 Å². The van der Waals surface area contributed by atoms with E-state index in [2.05, 4.69) is 60.5 Å². The molecule has 0 spiro atoms. The number of nitrogens with one attached hydrogen (secondary N) is 4. The first-order valence-corrected chi connectivity index (χ1v) is 14.8. The third-order valence-corrected chi connectivity index (χ3v) is 6.83. The third-order valence-electron chi connectivity index (χ3n) is 6.83. The third kappa shape index (κ3) is 11.7. The summed E-state index contributed by atoms with van der Waals surface area (Å²) >= 11 is 0. The topological polar surface area (TPSA) is 122 Å². The molecular formula is C31H43N7O3. The number of hydrogen-bond donors (Lipinski definition) is 4. The van der Waals surface area contributed by atoms with Gasteiger partial charge in [-0.05, 0) is 37.0 Å². The lowest BCUT2D eigenvalue weighted by Gasteiger charge is -2.17. The number of carbonyl (C=O) groups excluding carboxylic acids is 1. The number of anilines is 3. The average Bonchev–Trinajstić information content (AvgIpc) is 3.27. The number of nitrogens with zero attached hydrogens (tertiary/aromatic N) is 3. The van der Waals surface area contributed by atoms with Crippen LogP contribution in [0.2, 0.25) is 0 Å². The molecule has 1 saturated carbocycles. The Balaban J connectivity index is 1.15. The number of hydrogen-bond acceptors (Lipinski definition) is 9. The van der Waals surface area contributed by atoms with Gasteiger partial charge >= 0.3 is 0 Å². The van der Waals surface area contributed by atoms with Crippen molar-refractivity contribution in [3.63, 3.8) is 0 Å². The molecule has 10 heteroatoms. The molecule has 1 aliphatic rings. The zero-order chi connectivity index (χ0) is 28.4. The molecule has 0 radical (unpaired) electrons. The molecule has 1 aromatic heterocycles. The molecular weight excluding hydrogens is 518 g/mol. The molecule has 1 fully saturated rings. The molecule has 0 atom stereocenters. The highest BCUT2D eigenvalue weighted by atomic mass is 16.5. The summed E-state index contributed by atoms with van der Waals surface area (Å²) in [6.07, 6.45) is 8.23. The highest BCUT2D eigenvalue weighted by Gasteiger charge is 2.15. The van der Waals surface area contributed by atoms with Crippen LogP contribution in [-0.2, 0) is 15.9 Å². The van der Waals surface area contributed by atoms with E-state index >= 15 is 0 Å². The Bertz CT molecular complexity index is 1140. The highest BCUT2D eigenvalue weighted by molar-refractivity contribution is 5.94. The summed E-state index contributed by atoms with van der Waals surface area (Å²) in [5, 5.41) is 13.0. The summed E-state index contributed by atoms with van der Waals surface area (Å²) in [4.78, 5) is 25.9. The van der Waals surface area contributed by atoms with E-state index in [9.17, 15) is 4.79 Å². The van der Waals surface area contributed by atoms with Gasteiger partial charge in [0.15, 0.2) is 0 Å². The largest absolute Gasteiger partial charge is 0.377 e. The fourth-order valence-corrected chi connectivity index (χ4v) is 4.65. The monoisotopic (exact) mass is 561 g/mol. The quantitative estimate of drug-likeness (QED) is 0.139. The summed E-state index contributed by atoms with van der Waals surface area (Å²) in [5.74, 6) is 1.58. The zero-order valence-corrected chi connectivity index (χ0v) is 23.8. The number of amides is 1. The van der Waals surface area contributed by atoms with E-state index in [4.69, 9.17) is 9.47 Å². The Labute approximate surface area is 243 Å². The van der Waals surface area contributed by atoms with Crippen molar-refractivity contribution in [3.8, 4) is 0 Å². The molecule has 0 unspecified atom stereocenters. The molecule has 220 valence electrons. The van der Waals surface area contributed by atoms with E-state index < -0.39 is 0 Å². The van der Waals surface area contributed by atoms with E-state index in [0.717, 1.165) is 25.8 Å². The summed E-state index contributed by atoms with van der Waals surface area (Å²) < 4.78 is 11.2. The lowest BCUT2D eigenvalue weighted by Crippen LogP contribution is -2.27. The van der Waals surface area contributed by atoms with Gasteiger partial charge in [0, 0.05) is 31.2 Å². The van der Waals surface area contributed by atoms with Crippen molar-refractivity contribution in [1.29, 1.82) is 0 Å². The second kappa shape index (κ2) is 17.8. The van der Waals surface area contributed by atoms with E-state index in [1.807, 2.05) is 24.3 Å². The van der Waals surface area contributed by atoms with Gasteiger partial charge in [-0.2, -0.15) is 15.0 Å². The first-order valence-electron chi connectivity index (χ1n) is 14.8. The van der Waals surface area contributed by atoms with Crippen molar-refractivity contribution in [2.24, 2.45) is 0 Å². The molecule has 1 heterocycles. The maximum Gasteiger partial charge on any atom is 0.251 e. The summed E-state index contributed by atoms with van der Waals surface area (Å²) in [7, 11) is 0. The molecule has 1 amide bonds. The molecule has 2 aromatic carbocycles. The van der Waals surface area contributed by atoms with Crippen LogP contribution in [0, 0.1) is 0 Å². The van der Waals surface area contributed by atoms with Crippen LogP contribution in [0.25, 0.3) is 0 Å². The molecule has 0 bridgehead atoms. The van der Waals surface area contributed by atoms with Crippen molar-refractivity contribution >= 4 is 23.8 Å². The van der Waals surface area contributed by atoms with Gasteiger partial charge in [-0.1, -0.05) is 74.2 Å². The standard InChI is InChI=1S/C31H43N7O3/c39-28(26-13-7-4-8-14-26)32-19-21-40-23-24-41-22-20-34-30-36-29(33-18-17-25-11-5-3-6-12-25)37-31(38-30)35-27-15-9-1-2-10-16-27/h3-8,11-14,27H,1-2,9-10,15-24H2,(H,32,39)(H3,33,34,35,36,37,38). The molecule has 10 nitrogen and oxygen atoms in total. The predicted octanol–water partition coefficient (Wildman–Crippen LogP) is 4.54. The van der Waals surface area contributed by atoms with Crippen LogP contribution in [0.1, 0.15) is 54.4 Å². The van der Waals surface area contributed by atoms with Gasteiger partial charge in [-0.15, -0.1) is 0 Å². The van der Waals surface area contributed by atoms with Crippen molar-refractivity contribution in [2.45, 2.75) is 51.0 Å². The highest BCUT2D eigenvalue weighted by Crippen LogP contribution is 2.20. The summed E-state index contributed by atoms with van der Waals surface area (Å²) in [6, 6.07) is 19.9. The lowest BCUT2D eigenvalue weighted by molar-refractivity contribution is 0.0519. The Morgan fingerprint density at radius 3 is 1.95 bits per heavy atom. The van der Waals surface area contributed by atoms with Crippen molar-refractivity contribution in [3.05, 3.63) is 71.8 Å². The normalized spacial score (nSPS) is 13.8. The summed E-state index contributed by atoms with van der Waals surface area (Å²) in [6.45, 7) is 3.58. The minimum Gasteiger partial charge on any atom is -0.377 e. The van der Waals surface area contributed by atoms with Gasteiger partial charge in [0.2, 0.25) is 17.8 Å². The average molecular weight is 562 g/mol. The Hall–Kier alpha value is -3.76. The van der Waals surface area contributed by atoms with E-state index in [1.165, 1.54) is 31.2 Å². The maximum absolute atomic E-state index is 12.0. The first kappa shape index (κ1) is 30.2. The van der Waals surface area contributed by atoms with Crippen LogP contribution in [-0.4, -0.2) is 73.0 Å². The molecule has 4 N–H and O–H groups in total. The SMILES string of the molecule is O=C(NCCOCCOCCNc1nc(NCCc2ccccc2)nc(NC2CCCCCC2)n1)c1ccccc1. The second-order valence-electron chi connectivity index (χ2n) is 10.1. The number of rotatable bonds is 17. The first-order chi connectivity index (χ1) is 20.3. The Morgan fingerprint density at radius 1 is 0.683 bits per heavy atom. The van der Waals surface area contributed by atoms with Crippen LogP contribution < -0.4 is 21.3 Å². The fraction of sp³-hybridized carbons (Fsp3) is 0.484. The van der Waals surface area contributed by atoms with Crippen LogP contribution in [0.15, 0.2) is 60.7 Å². The number of benzene rings is 2. The lowest BCUT2D eigenvalue weighted by atomic mass is 10.1. The zero-order valence-electron chi connectivity index (χ0n) is 23.8. The molecule has 0 saturated heterocycles. The number of carbonyl (C=O) groups is 1. The van der Waals surface area contributed by atoms with E-state index in [0.29, 0.717) is 69.0 Å². The van der Waals surface area contributed by atoms with E-state index in [1.54, 1.807) is 12.1 Å². The predicted molar refractivity (Wildman–Crippen MR) is 162 cm³/mol. The maximum atomic E-state index is 12.0. The Morgan fingerprint density at radius 2 is 1.27 bits per heavy atom. The minimum atomic E-state index is -0.1000. The van der Waals surface area contributed by atoms with Gasteiger partial charge in [-0.25, -0.2) is 0 Å². The molecule has 41 heavy (non-hydrogen) atoms. The molecule has 1 aliphatic carbocycles. The minimum absolute atomic E-state index is 0.1000. The van der Waals surface area contributed by atoms with Crippen LogP contribution in [0.5, 0.6) is 0 Å². The van der Waals surface area contributed by atoms with Crippen molar-refractivity contribution < 1.29 is 14.3 Å². The fourth-order valence-electron chi connectivity index (χ4n) is 4.65. The van der Waals surface area contributed by atoms with Crippen molar-refractivity contribution in [2.75, 3.05) is 62.0 Å². The Kier molecular flexibility index (Phi) is 13.1. The molecule has 4 rings (SSSR count). The van der Waals surface area contributed by atoms with Crippen LogP contribution >= 0.6 is 0 Å². The molecule has 0 aliphatic heterocycles. The van der Waals surface area contributed by atoms with Gasteiger partial charge < -0.3 is 30.7 Å². The van der Waals surface area contributed by atoms with E-state index in [-0.39, 0.29) is 5.91 Å². The molecule has 3 aromatic rings. The number of aromatic nitrogens is 3. The van der Waals surface area contributed by atoms with Crippen LogP contribution in [0.4, 0.5) is 17.8 Å². The summed E-state index contributed by atoms with van der Waals surface area (Å²) in [5.41, 5.74) is 1.91. The van der Waals surface area contributed by atoms with Gasteiger partial charge in [0.1, 0.15) is 0 Å². The second-order valence-corrected chi connectivity index (χ2v) is 10.1. The number of ether oxygens (including phenoxy) is 2. The smallest absolute Gasteiger partial charge is 0.251 e. The van der Waals surface area contributed by atoms with Crippen molar-refractivity contribution in [1.82, 2.24) is 20.3 Å². The van der Waals surface area contributed by atoms with Gasteiger partial charge in [0.25, 0.3) is 5.91 Å². The van der Waals surface area contributed by atoms with Crippen LogP contribution in [0.3, 0.4) is 0 Å². The van der Waals surface area contributed by atoms with Gasteiger partial charge in [0.05, 0.1) is 26.4 Å².